The van der Waals surface area contributed by atoms with Crippen molar-refractivity contribution < 1.29 is 19.5 Å². The monoisotopic (exact) mass is 216 g/mol. The number of hydroxylamine groups is 2. The second-order valence-electron chi connectivity index (χ2n) is 3.76. The van der Waals surface area contributed by atoms with E-state index in [0.717, 1.165) is 5.06 Å². The van der Waals surface area contributed by atoms with Crippen LogP contribution in [0.4, 0.5) is 4.79 Å². The zero-order chi connectivity index (χ0) is 11.6. The predicted molar refractivity (Wildman–Crippen MR) is 52.1 cm³/mol. The highest BCUT2D eigenvalue weighted by atomic mass is 16.7. The van der Waals surface area contributed by atoms with Gasteiger partial charge in [-0.1, -0.05) is 6.92 Å². The van der Waals surface area contributed by atoms with Crippen LogP contribution in [0, 0.1) is 5.41 Å². The van der Waals surface area contributed by atoms with Crippen molar-refractivity contribution in [2.45, 2.75) is 13.3 Å². The van der Waals surface area contributed by atoms with Gasteiger partial charge in [0.15, 0.2) is 0 Å². The van der Waals surface area contributed by atoms with Gasteiger partial charge in [0.25, 0.3) is 5.91 Å². The second kappa shape index (κ2) is 4.06. The van der Waals surface area contributed by atoms with Crippen molar-refractivity contribution in [3.05, 3.63) is 0 Å². The third-order valence-electron chi connectivity index (χ3n) is 2.95. The van der Waals surface area contributed by atoms with E-state index in [1.807, 2.05) is 6.92 Å². The van der Waals surface area contributed by atoms with Crippen LogP contribution in [0.5, 0.6) is 0 Å². The standard InChI is InChI=1S/C9H16N2O4/c1-4-9(7(12)10(2)15-3)5-11(6-9)8(13)14/h4-6H2,1-3H3,(H,13,14). The summed E-state index contributed by atoms with van der Waals surface area (Å²) in [5, 5.41) is 9.86. The summed E-state index contributed by atoms with van der Waals surface area (Å²) in [6.07, 6.45) is -0.365. The first-order valence-electron chi connectivity index (χ1n) is 4.77. The lowest BCUT2D eigenvalue weighted by Crippen LogP contribution is -2.64. The van der Waals surface area contributed by atoms with Crippen LogP contribution in [-0.4, -0.2) is 54.3 Å². The number of nitrogens with zero attached hydrogens (tertiary/aromatic N) is 2. The summed E-state index contributed by atoms with van der Waals surface area (Å²) in [6, 6.07) is 0. The van der Waals surface area contributed by atoms with Crippen molar-refractivity contribution in [2.24, 2.45) is 5.41 Å². The van der Waals surface area contributed by atoms with E-state index in [9.17, 15) is 9.59 Å². The number of carbonyl (C=O) groups is 2. The van der Waals surface area contributed by atoms with E-state index in [1.54, 1.807) is 0 Å². The van der Waals surface area contributed by atoms with Crippen LogP contribution in [0.1, 0.15) is 13.3 Å². The number of carbonyl (C=O) groups excluding carboxylic acids is 1. The first kappa shape index (κ1) is 11.8. The Bertz CT molecular complexity index is 273. The van der Waals surface area contributed by atoms with Crippen LogP contribution in [0.25, 0.3) is 0 Å². The summed E-state index contributed by atoms with van der Waals surface area (Å²) in [6.45, 7) is 2.39. The number of hydrogen-bond donors (Lipinski definition) is 1. The molecule has 6 heteroatoms. The molecule has 1 aliphatic rings. The van der Waals surface area contributed by atoms with E-state index < -0.39 is 11.5 Å². The molecule has 1 saturated heterocycles. The van der Waals surface area contributed by atoms with E-state index in [-0.39, 0.29) is 19.0 Å². The molecular formula is C9H16N2O4. The van der Waals surface area contributed by atoms with Gasteiger partial charge in [0, 0.05) is 20.1 Å². The fourth-order valence-electron chi connectivity index (χ4n) is 1.75. The van der Waals surface area contributed by atoms with Crippen LogP contribution >= 0.6 is 0 Å². The highest BCUT2D eigenvalue weighted by Crippen LogP contribution is 2.35. The van der Waals surface area contributed by atoms with Crippen LogP contribution < -0.4 is 0 Å². The molecule has 1 rings (SSSR count). The molecule has 0 unspecified atom stereocenters. The fourth-order valence-corrected chi connectivity index (χ4v) is 1.75. The molecule has 86 valence electrons. The van der Waals surface area contributed by atoms with Crippen molar-refractivity contribution >= 4 is 12.0 Å². The van der Waals surface area contributed by atoms with Crippen molar-refractivity contribution in [3.63, 3.8) is 0 Å². The fraction of sp³-hybridized carbons (Fsp3) is 0.778. The number of hydrogen-bond acceptors (Lipinski definition) is 3. The molecule has 1 fully saturated rings. The first-order chi connectivity index (χ1) is 6.96. The van der Waals surface area contributed by atoms with Crippen LogP contribution in [0.2, 0.25) is 0 Å². The number of rotatable bonds is 3. The Morgan fingerprint density at radius 1 is 1.53 bits per heavy atom. The van der Waals surface area contributed by atoms with Crippen LogP contribution in [0.3, 0.4) is 0 Å². The quantitative estimate of drug-likeness (QED) is 0.693. The minimum atomic E-state index is -0.980. The molecule has 0 saturated carbocycles. The third kappa shape index (κ3) is 1.90. The first-order valence-corrected chi connectivity index (χ1v) is 4.77. The molecule has 6 nitrogen and oxygen atoms in total. The van der Waals surface area contributed by atoms with Gasteiger partial charge in [-0.05, 0) is 6.42 Å². The maximum absolute atomic E-state index is 11.9. The average Bonchev–Trinajstić information content (AvgIpc) is 2.15. The largest absolute Gasteiger partial charge is 0.465 e. The minimum Gasteiger partial charge on any atom is -0.465 e. The average molecular weight is 216 g/mol. The Morgan fingerprint density at radius 3 is 2.40 bits per heavy atom. The third-order valence-corrected chi connectivity index (χ3v) is 2.95. The molecular weight excluding hydrogens is 200 g/mol. The summed E-state index contributed by atoms with van der Waals surface area (Å²) < 4.78 is 0. The lowest BCUT2D eigenvalue weighted by atomic mass is 9.76. The molecule has 0 spiro atoms. The highest BCUT2D eigenvalue weighted by Gasteiger charge is 2.51. The number of likely N-dealkylation sites (tertiary alicyclic amines) is 1. The lowest BCUT2D eigenvalue weighted by Gasteiger charge is -2.47. The van der Waals surface area contributed by atoms with E-state index >= 15 is 0 Å². The molecule has 0 aromatic carbocycles. The molecule has 0 aromatic heterocycles. The molecule has 1 N–H and O–H groups in total. The van der Waals surface area contributed by atoms with Gasteiger partial charge in [0.05, 0.1) is 12.5 Å². The van der Waals surface area contributed by atoms with E-state index in [2.05, 4.69) is 0 Å². The molecule has 2 amide bonds. The summed E-state index contributed by atoms with van der Waals surface area (Å²) in [5.41, 5.74) is -0.594. The number of carboxylic acid groups (broad SMARTS) is 1. The molecule has 0 radical (unpaired) electrons. The normalized spacial score (nSPS) is 18.2. The highest BCUT2D eigenvalue weighted by molar-refractivity contribution is 5.85. The van der Waals surface area contributed by atoms with Crippen molar-refractivity contribution in [1.29, 1.82) is 0 Å². The van der Waals surface area contributed by atoms with E-state index in [1.165, 1.54) is 19.1 Å². The van der Waals surface area contributed by atoms with Gasteiger partial charge in [-0.25, -0.2) is 9.86 Å². The van der Waals surface area contributed by atoms with Gasteiger partial charge in [-0.15, -0.1) is 0 Å². The van der Waals surface area contributed by atoms with E-state index in [4.69, 9.17) is 9.94 Å². The minimum absolute atomic E-state index is 0.162. The molecule has 0 atom stereocenters. The maximum atomic E-state index is 11.9. The van der Waals surface area contributed by atoms with Crippen molar-refractivity contribution in [3.8, 4) is 0 Å². The second-order valence-corrected chi connectivity index (χ2v) is 3.76. The zero-order valence-electron chi connectivity index (χ0n) is 9.19. The zero-order valence-corrected chi connectivity index (χ0v) is 9.19. The lowest BCUT2D eigenvalue weighted by molar-refractivity contribution is -0.189. The molecule has 1 heterocycles. The van der Waals surface area contributed by atoms with Crippen LogP contribution in [0.15, 0.2) is 0 Å². The van der Waals surface area contributed by atoms with Gasteiger partial charge < -0.3 is 10.0 Å². The summed E-state index contributed by atoms with van der Waals surface area (Å²) >= 11 is 0. The Kier molecular flexibility index (Phi) is 3.18. The molecule has 15 heavy (non-hydrogen) atoms. The van der Waals surface area contributed by atoms with Gasteiger partial charge in [-0.3, -0.25) is 9.63 Å². The summed E-state index contributed by atoms with van der Waals surface area (Å²) in [5.74, 6) is -0.162. The molecule has 0 aromatic rings. The topological polar surface area (TPSA) is 70.1 Å². The Hall–Kier alpha value is -1.30. The summed E-state index contributed by atoms with van der Waals surface area (Å²) in [4.78, 5) is 28.5. The SMILES string of the molecule is CCC1(C(=O)N(C)OC)CN(C(=O)O)C1. The van der Waals surface area contributed by atoms with Crippen molar-refractivity contribution in [2.75, 3.05) is 27.2 Å². The number of amides is 2. The van der Waals surface area contributed by atoms with Gasteiger partial charge in [0.2, 0.25) is 0 Å². The maximum Gasteiger partial charge on any atom is 0.407 e. The Morgan fingerprint density at radius 2 is 2.07 bits per heavy atom. The van der Waals surface area contributed by atoms with E-state index in [0.29, 0.717) is 6.42 Å². The van der Waals surface area contributed by atoms with Gasteiger partial charge >= 0.3 is 6.09 Å². The van der Waals surface area contributed by atoms with Crippen molar-refractivity contribution in [1.82, 2.24) is 9.96 Å². The molecule has 1 aliphatic heterocycles. The van der Waals surface area contributed by atoms with Gasteiger partial charge in [0.1, 0.15) is 0 Å². The smallest absolute Gasteiger partial charge is 0.407 e. The Labute approximate surface area is 88.4 Å². The predicted octanol–water partition coefficient (Wildman–Crippen LogP) is 0.396. The summed E-state index contributed by atoms with van der Waals surface area (Å²) in [7, 11) is 2.94. The molecule has 0 aliphatic carbocycles. The van der Waals surface area contributed by atoms with Gasteiger partial charge in [-0.2, -0.15) is 0 Å². The molecule has 0 bridgehead atoms. The Balaban J connectivity index is 2.66. The van der Waals surface area contributed by atoms with Crippen LogP contribution in [-0.2, 0) is 9.63 Å².